The quantitative estimate of drug-likeness (QED) is 0.417. The number of rotatable bonds is 4. The summed E-state index contributed by atoms with van der Waals surface area (Å²) < 4.78 is 0. The molecular formula is C6H11N3. The highest BCUT2D eigenvalue weighted by molar-refractivity contribution is 4.65. The Hall–Kier alpha value is -1.12. The van der Waals surface area contributed by atoms with Crippen LogP contribution in [0.5, 0.6) is 0 Å². The first-order chi connectivity index (χ1) is 4.35. The molecule has 0 aromatic heterocycles. The Bertz CT molecular complexity index is 117. The average Bonchev–Trinajstić information content (AvgIpc) is 1.91. The third kappa shape index (κ3) is 3.46. The van der Waals surface area contributed by atoms with E-state index in [1.54, 1.807) is 11.2 Å². The van der Waals surface area contributed by atoms with Crippen LogP contribution in [0.1, 0.15) is 6.92 Å². The van der Waals surface area contributed by atoms with E-state index in [1.165, 1.54) is 6.20 Å². The van der Waals surface area contributed by atoms with Crippen LogP contribution >= 0.6 is 0 Å². The predicted molar refractivity (Wildman–Crippen MR) is 37.6 cm³/mol. The first-order valence-electron chi connectivity index (χ1n) is 2.76. The highest BCUT2D eigenvalue weighted by Gasteiger charge is 1.84. The minimum atomic E-state index is 0.779. The van der Waals surface area contributed by atoms with Crippen molar-refractivity contribution in [2.24, 2.45) is 10.3 Å². The molecule has 0 aromatic rings. The lowest BCUT2D eigenvalue weighted by Crippen LogP contribution is -2.05. The fourth-order valence-corrected chi connectivity index (χ4v) is 0.332. The van der Waals surface area contributed by atoms with E-state index in [9.17, 15) is 0 Å². The van der Waals surface area contributed by atoms with Crippen molar-refractivity contribution < 1.29 is 0 Å². The van der Waals surface area contributed by atoms with Gasteiger partial charge >= 0.3 is 0 Å². The van der Waals surface area contributed by atoms with Gasteiger partial charge in [0.05, 0.1) is 0 Å². The summed E-state index contributed by atoms with van der Waals surface area (Å²) in [4.78, 5) is 0. The Labute approximate surface area is 55.4 Å². The maximum atomic E-state index is 3.70. The molecule has 0 radical (unpaired) electrons. The minimum Gasteiger partial charge on any atom is -0.255 e. The molecule has 0 bridgehead atoms. The monoisotopic (exact) mass is 125 g/mol. The Kier molecular flexibility index (Phi) is 4.40. The largest absolute Gasteiger partial charge is 0.255 e. The average molecular weight is 125 g/mol. The summed E-state index contributed by atoms with van der Waals surface area (Å²) in [6.07, 6.45) is 2.99. The topological polar surface area (TPSA) is 28.0 Å². The van der Waals surface area contributed by atoms with Crippen molar-refractivity contribution in [1.82, 2.24) is 5.01 Å². The lowest BCUT2D eigenvalue weighted by atomic mass is 10.7. The molecule has 0 saturated heterocycles. The van der Waals surface area contributed by atoms with Gasteiger partial charge in [0.25, 0.3) is 0 Å². The standard InChI is InChI=1S/C6H11N3/c1-4-7-8-9(5-2)6-3/h4-5H,1-2,6H2,3H3. The first kappa shape index (κ1) is 7.88. The predicted octanol–water partition coefficient (Wildman–Crippen LogP) is 1.96. The maximum Gasteiger partial charge on any atom is 0.0441 e. The molecule has 0 aromatic carbocycles. The highest BCUT2D eigenvalue weighted by Crippen LogP contribution is 1.88. The Morgan fingerprint density at radius 3 is 2.56 bits per heavy atom. The summed E-state index contributed by atoms with van der Waals surface area (Å²) in [6, 6.07) is 0. The van der Waals surface area contributed by atoms with Crippen LogP contribution in [0, 0.1) is 0 Å². The third-order valence-corrected chi connectivity index (χ3v) is 0.783. The number of hydrogen-bond acceptors (Lipinski definition) is 2. The second-order valence-corrected chi connectivity index (χ2v) is 1.33. The van der Waals surface area contributed by atoms with Crippen LogP contribution in [-0.2, 0) is 0 Å². The molecule has 9 heavy (non-hydrogen) atoms. The van der Waals surface area contributed by atoms with E-state index in [2.05, 4.69) is 23.5 Å². The van der Waals surface area contributed by atoms with E-state index in [4.69, 9.17) is 0 Å². The zero-order chi connectivity index (χ0) is 7.11. The summed E-state index contributed by atoms with van der Waals surface area (Å²) in [5.41, 5.74) is 0. The fraction of sp³-hybridized carbons (Fsp3) is 0.333. The lowest BCUT2D eigenvalue weighted by Gasteiger charge is -2.05. The van der Waals surface area contributed by atoms with E-state index in [0.29, 0.717) is 0 Å². The zero-order valence-corrected chi connectivity index (χ0v) is 5.62. The fourth-order valence-electron chi connectivity index (χ4n) is 0.332. The zero-order valence-electron chi connectivity index (χ0n) is 5.62. The molecule has 0 aliphatic rings. The van der Waals surface area contributed by atoms with Crippen LogP contribution in [0.4, 0.5) is 0 Å². The summed E-state index contributed by atoms with van der Waals surface area (Å²) in [6.45, 7) is 9.64. The van der Waals surface area contributed by atoms with E-state index >= 15 is 0 Å². The van der Waals surface area contributed by atoms with Crippen molar-refractivity contribution in [3.63, 3.8) is 0 Å². The van der Waals surface area contributed by atoms with Crippen molar-refractivity contribution in [2.75, 3.05) is 6.54 Å². The van der Waals surface area contributed by atoms with Gasteiger partial charge in [-0.2, -0.15) is 0 Å². The van der Waals surface area contributed by atoms with Gasteiger partial charge in [0.2, 0.25) is 0 Å². The van der Waals surface area contributed by atoms with Crippen LogP contribution in [-0.4, -0.2) is 11.6 Å². The van der Waals surface area contributed by atoms with Gasteiger partial charge in [0, 0.05) is 18.9 Å². The molecule has 0 unspecified atom stereocenters. The molecule has 0 atom stereocenters. The van der Waals surface area contributed by atoms with Gasteiger partial charge in [0.15, 0.2) is 0 Å². The molecule has 0 amide bonds. The number of nitrogens with zero attached hydrogens (tertiary/aromatic N) is 3. The molecular weight excluding hydrogens is 114 g/mol. The van der Waals surface area contributed by atoms with Crippen molar-refractivity contribution in [3.8, 4) is 0 Å². The normalized spacial score (nSPS) is 9.44. The van der Waals surface area contributed by atoms with Gasteiger partial charge in [-0.25, -0.2) is 0 Å². The van der Waals surface area contributed by atoms with Crippen LogP contribution in [0.25, 0.3) is 0 Å². The van der Waals surface area contributed by atoms with E-state index in [-0.39, 0.29) is 0 Å². The SMILES string of the molecule is C=CN=NN(C=C)CC. The van der Waals surface area contributed by atoms with Crippen molar-refractivity contribution >= 4 is 0 Å². The molecule has 0 spiro atoms. The Balaban J connectivity index is 3.66. The summed E-state index contributed by atoms with van der Waals surface area (Å²) >= 11 is 0. The minimum absolute atomic E-state index is 0.779. The van der Waals surface area contributed by atoms with E-state index in [0.717, 1.165) is 6.54 Å². The third-order valence-electron chi connectivity index (χ3n) is 0.783. The summed E-state index contributed by atoms with van der Waals surface area (Å²) in [5, 5.41) is 8.87. The van der Waals surface area contributed by atoms with Crippen LogP contribution < -0.4 is 0 Å². The van der Waals surface area contributed by atoms with Gasteiger partial charge < -0.3 is 0 Å². The van der Waals surface area contributed by atoms with Gasteiger partial charge in [0.1, 0.15) is 0 Å². The first-order valence-corrected chi connectivity index (χ1v) is 2.76. The van der Waals surface area contributed by atoms with Crippen LogP contribution in [0.3, 0.4) is 0 Å². The van der Waals surface area contributed by atoms with Gasteiger partial charge in [-0.15, -0.1) is 5.11 Å². The molecule has 50 valence electrons. The Morgan fingerprint density at radius 2 is 2.22 bits per heavy atom. The van der Waals surface area contributed by atoms with Gasteiger partial charge in [-0.3, -0.25) is 5.01 Å². The van der Waals surface area contributed by atoms with Gasteiger partial charge in [-0.05, 0) is 6.92 Å². The molecule has 0 heterocycles. The van der Waals surface area contributed by atoms with Crippen LogP contribution in [0.2, 0.25) is 0 Å². The maximum absolute atomic E-state index is 3.70. The molecule has 0 aliphatic heterocycles. The van der Waals surface area contributed by atoms with E-state index < -0.39 is 0 Å². The van der Waals surface area contributed by atoms with Crippen LogP contribution in [0.15, 0.2) is 35.9 Å². The van der Waals surface area contributed by atoms with Crippen molar-refractivity contribution in [2.45, 2.75) is 6.92 Å². The Morgan fingerprint density at radius 1 is 1.56 bits per heavy atom. The van der Waals surface area contributed by atoms with Crippen molar-refractivity contribution in [1.29, 1.82) is 0 Å². The summed E-state index contributed by atoms with van der Waals surface area (Å²) in [5.74, 6) is 0. The molecule has 3 heteroatoms. The van der Waals surface area contributed by atoms with E-state index in [1.807, 2.05) is 6.92 Å². The molecule has 0 fully saturated rings. The molecule has 3 nitrogen and oxygen atoms in total. The second-order valence-electron chi connectivity index (χ2n) is 1.33. The summed E-state index contributed by atoms with van der Waals surface area (Å²) in [7, 11) is 0. The molecule has 0 N–H and O–H groups in total. The number of hydrogen-bond donors (Lipinski definition) is 0. The second kappa shape index (κ2) is 5.03. The smallest absolute Gasteiger partial charge is 0.0441 e. The lowest BCUT2D eigenvalue weighted by molar-refractivity contribution is 0.396. The molecule has 0 rings (SSSR count). The van der Waals surface area contributed by atoms with Crippen molar-refractivity contribution in [3.05, 3.63) is 25.6 Å². The van der Waals surface area contributed by atoms with Gasteiger partial charge in [-0.1, -0.05) is 18.4 Å². The molecule has 0 saturated carbocycles. The molecule has 0 aliphatic carbocycles. The highest BCUT2D eigenvalue weighted by atomic mass is 15.5.